The molecule has 0 fully saturated rings. The topological polar surface area (TPSA) is 70.3 Å². The number of benzene rings is 1. The number of rotatable bonds is 3. The fourth-order valence-electron chi connectivity index (χ4n) is 2.16. The standard InChI is InChI=1S/C14H12ClN3O2S/c1-19-9-4-3-7(5-10(9)20-2)8-6-21-13-11(8)12(16)17-14(15)18-13/h3-6H,1-2H3,(H2,16,17,18). The molecule has 7 heteroatoms. The highest BCUT2D eigenvalue weighted by Crippen LogP contribution is 2.39. The van der Waals surface area contributed by atoms with Crippen LogP contribution in [0.4, 0.5) is 5.82 Å². The lowest BCUT2D eigenvalue weighted by Crippen LogP contribution is -1.94. The molecule has 21 heavy (non-hydrogen) atoms. The van der Waals surface area contributed by atoms with Crippen LogP contribution in [0.1, 0.15) is 0 Å². The van der Waals surface area contributed by atoms with Crippen molar-refractivity contribution in [1.82, 2.24) is 9.97 Å². The van der Waals surface area contributed by atoms with Crippen molar-refractivity contribution in [2.24, 2.45) is 0 Å². The maximum absolute atomic E-state index is 5.98. The molecule has 0 unspecified atom stereocenters. The number of hydrogen-bond donors (Lipinski definition) is 1. The van der Waals surface area contributed by atoms with Crippen molar-refractivity contribution in [3.05, 3.63) is 28.9 Å². The number of nitrogen functional groups attached to an aromatic ring is 1. The second kappa shape index (κ2) is 5.38. The zero-order valence-electron chi connectivity index (χ0n) is 11.4. The Balaban J connectivity index is 2.21. The molecular formula is C14H12ClN3O2S. The summed E-state index contributed by atoms with van der Waals surface area (Å²) in [5, 5.41) is 2.94. The Hall–Kier alpha value is -2.05. The Kier molecular flexibility index (Phi) is 3.57. The first-order chi connectivity index (χ1) is 10.1. The number of methoxy groups -OCH3 is 2. The molecule has 0 aliphatic heterocycles. The molecule has 2 aromatic heterocycles. The summed E-state index contributed by atoms with van der Waals surface area (Å²) in [5.74, 6) is 1.70. The molecule has 2 heterocycles. The van der Waals surface area contributed by atoms with Crippen molar-refractivity contribution in [2.75, 3.05) is 20.0 Å². The summed E-state index contributed by atoms with van der Waals surface area (Å²) in [6.45, 7) is 0. The molecule has 0 aliphatic carbocycles. The molecular weight excluding hydrogens is 310 g/mol. The predicted octanol–water partition coefficient (Wildman–Crippen LogP) is 3.61. The summed E-state index contributed by atoms with van der Waals surface area (Å²) in [6.07, 6.45) is 0. The second-order valence-electron chi connectivity index (χ2n) is 4.28. The van der Waals surface area contributed by atoms with Gasteiger partial charge in [-0.2, -0.15) is 0 Å². The number of thiophene rings is 1. The zero-order valence-corrected chi connectivity index (χ0v) is 13.0. The molecule has 1 aromatic carbocycles. The number of anilines is 1. The number of halogens is 1. The monoisotopic (exact) mass is 321 g/mol. The van der Waals surface area contributed by atoms with Crippen molar-refractivity contribution in [2.45, 2.75) is 0 Å². The Morgan fingerprint density at radius 1 is 1.14 bits per heavy atom. The van der Waals surface area contributed by atoms with Crippen molar-refractivity contribution in [1.29, 1.82) is 0 Å². The Morgan fingerprint density at radius 2 is 1.90 bits per heavy atom. The maximum atomic E-state index is 5.98. The molecule has 0 atom stereocenters. The van der Waals surface area contributed by atoms with Gasteiger partial charge in [-0.3, -0.25) is 0 Å². The van der Waals surface area contributed by atoms with Gasteiger partial charge in [0.25, 0.3) is 0 Å². The van der Waals surface area contributed by atoms with Gasteiger partial charge in [-0.25, -0.2) is 9.97 Å². The number of hydrogen-bond acceptors (Lipinski definition) is 6. The first-order valence-corrected chi connectivity index (χ1v) is 7.32. The quantitative estimate of drug-likeness (QED) is 0.746. The van der Waals surface area contributed by atoms with Crippen LogP contribution in [0.3, 0.4) is 0 Å². The molecule has 0 amide bonds. The fraction of sp³-hybridized carbons (Fsp3) is 0.143. The van der Waals surface area contributed by atoms with E-state index in [2.05, 4.69) is 9.97 Å². The van der Waals surface area contributed by atoms with E-state index in [1.54, 1.807) is 14.2 Å². The molecule has 0 saturated heterocycles. The van der Waals surface area contributed by atoms with Crippen molar-refractivity contribution >= 4 is 39.0 Å². The number of nitrogens with zero attached hydrogens (tertiary/aromatic N) is 2. The smallest absolute Gasteiger partial charge is 0.225 e. The number of fused-ring (bicyclic) bond motifs is 1. The van der Waals surface area contributed by atoms with E-state index < -0.39 is 0 Å². The van der Waals surface area contributed by atoms with Gasteiger partial charge < -0.3 is 15.2 Å². The highest BCUT2D eigenvalue weighted by molar-refractivity contribution is 7.17. The zero-order chi connectivity index (χ0) is 15.0. The highest BCUT2D eigenvalue weighted by atomic mass is 35.5. The van der Waals surface area contributed by atoms with Gasteiger partial charge >= 0.3 is 0 Å². The molecule has 108 valence electrons. The summed E-state index contributed by atoms with van der Waals surface area (Å²) in [4.78, 5) is 8.98. The first kappa shape index (κ1) is 13.9. The number of aromatic nitrogens is 2. The van der Waals surface area contributed by atoms with Crippen LogP contribution in [0.25, 0.3) is 21.3 Å². The Morgan fingerprint density at radius 3 is 2.62 bits per heavy atom. The third-order valence-corrected chi connectivity index (χ3v) is 4.17. The summed E-state index contributed by atoms with van der Waals surface area (Å²) in [6, 6.07) is 5.69. The summed E-state index contributed by atoms with van der Waals surface area (Å²) in [7, 11) is 3.20. The molecule has 0 spiro atoms. The van der Waals surface area contributed by atoms with Crippen molar-refractivity contribution in [3.63, 3.8) is 0 Å². The average Bonchev–Trinajstić information content (AvgIpc) is 2.90. The van der Waals surface area contributed by atoms with Crippen LogP contribution in [-0.4, -0.2) is 24.2 Å². The van der Waals surface area contributed by atoms with Crippen LogP contribution in [0.15, 0.2) is 23.6 Å². The molecule has 0 radical (unpaired) electrons. The molecule has 3 rings (SSSR count). The summed E-state index contributed by atoms with van der Waals surface area (Å²) in [5.41, 5.74) is 7.89. The fourth-order valence-corrected chi connectivity index (χ4v) is 3.34. The van der Waals surface area contributed by atoms with E-state index >= 15 is 0 Å². The Bertz CT molecular complexity index is 819. The van der Waals surface area contributed by atoms with E-state index in [0.29, 0.717) is 17.3 Å². The van der Waals surface area contributed by atoms with E-state index in [4.69, 9.17) is 26.8 Å². The van der Waals surface area contributed by atoms with E-state index in [-0.39, 0.29) is 5.28 Å². The normalized spacial score (nSPS) is 10.8. The minimum atomic E-state index is 0.153. The molecule has 2 N–H and O–H groups in total. The average molecular weight is 322 g/mol. The van der Waals surface area contributed by atoms with Crippen LogP contribution in [-0.2, 0) is 0 Å². The maximum Gasteiger partial charge on any atom is 0.225 e. The SMILES string of the molecule is COc1ccc(-c2csc3nc(Cl)nc(N)c23)cc1OC. The summed E-state index contributed by atoms with van der Waals surface area (Å²) >= 11 is 7.31. The van der Waals surface area contributed by atoms with Crippen LogP contribution in [0.5, 0.6) is 11.5 Å². The largest absolute Gasteiger partial charge is 0.493 e. The van der Waals surface area contributed by atoms with E-state index in [1.165, 1.54) is 11.3 Å². The highest BCUT2D eigenvalue weighted by Gasteiger charge is 2.14. The molecule has 0 saturated carbocycles. The van der Waals surface area contributed by atoms with Gasteiger partial charge in [0.2, 0.25) is 5.28 Å². The van der Waals surface area contributed by atoms with Crippen LogP contribution in [0, 0.1) is 0 Å². The first-order valence-electron chi connectivity index (χ1n) is 6.06. The van der Waals surface area contributed by atoms with Gasteiger partial charge in [0.15, 0.2) is 11.5 Å². The van der Waals surface area contributed by atoms with Crippen molar-refractivity contribution < 1.29 is 9.47 Å². The minimum Gasteiger partial charge on any atom is -0.493 e. The summed E-state index contributed by atoms with van der Waals surface area (Å²) < 4.78 is 10.6. The number of ether oxygens (including phenoxy) is 2. The van der Waals surface area contributed by atoms with Crippen LogP contribution in [0.2, 0.25) is 5.28 Å². The van der Waals surface area contributed by atoms with Gasteiger partial charge in [0.1, 0.15) is 10.6 Å². The minimum absolute atomic E-state index is 0.153. The molecule has 3 aromatic rings. The van der Waals surface area contributed by atoms with Gasteiger partial charge in [-0.05, 0) is 29.3 Å². The van der Waals surface area contributed by atoms with Crippen LogP contribution >= 0.6 is 22.9 Å². The van der Waals surface area contributed by atoms with E-state index in [0.717, 1.165) is 21.3 Å². The lowest BCUT2D eigenvalue weighted by molar-refractivity contribution is 0.355. The van der Waals surface area contributed by atoms with Gasteiger partial charge in [-0.15, -0.1) is 11.3 Å². The molecule has 0 aliphatic rings. The van der Waals surface area contributed by atoms with Gasteiger partial charge in [0, 0.05) is 10.9 Å². The third kappa shape index (κ3) is 2.36. The Labute approximate surface area is 130 Å². The van der Waals surface area contributed by atoms with E-state index in [1.807, 2.05) is 23.6 Å². The lowest BCUT2D eigenvalue weighted by Gasteiger charge is -2.09. The van der Waals surface area contributed by atoms with Gasteiger partial charge in [-0.1, -0.05) is 6.07 Å². The van der Waals surface area contributed by atoms with E-state index in [9.17, 15) is 0 Å². The molecule has 0 bridgehead atoms. The van der Waals surface area contributed by atoms with Crippen molar-refractivity contribution in [3.8, 4) is 22.6 Å². The van der Waals surface area contributed by atoms with Crippen LogP contribution < -0.4 is 15.2 Å². The van der Waals surface area contributed by atoms with Gasteiger partial charge in [0.05, 0.1) is 19.6 Å². The predicted molar refractivity (Wildman–Crippen MR) is 85.4 cm³/mol. The lowest BCUT2D eigenvalue weighted by atomic mass is 10.1. The second-order valence-corrected chi connectivity index (χ2v) is 5.47. The third-order valence-electron chi connectivity index (χ3n) is 3.13. The molecule has 5 nitrogen and oxygen atoms in total. The number of nitrogens with two attached hydrogens (primary N) is 1.